The lowest BCUT2D eigenvalue weighted by Gasteiger charge is -2.24. The van der Waals surface area contributed by atoms with Crippen molar-refractivity contribution in [1.82, 2.24) is 5.32 Å². The van der Waals surface area contributed by atoms with E-state index in [0.29, 0.717) is 44.8 Å². The van der Waals surface area contributed by atoms with E-state index in [1.54, 1.807) is 59.5 Å². The van der Waals surface area contributed by atoms with Gasteiger partial charge in [-0.15, -0.1) is 0 Å². The van der Waals surface area contributed by atoms with E-state index in [4.69, 9.17) is 21.1 Å². The fourth-order valence-corrected chi connectivity index (χ4v) is 5.42. The number of benzene rings is 3. The highest BCUT2D eigenvalue weighted by Gasteiger charge is 2.31. The van der Waals surface area contributed by atoms with Gasteiger partial charge in [0.2, 0.25) is 0 Å². The van der Waals surface area contributed by atoms with Gasteiger partial charge in [0.05, 0.1) is 44.9 Å². The van der Waals surface area contributed by atoms with Crippen LogP contribution in [0.15, 0.2) is 76.5 Å². The second-order valence-electron chi connectivity index (χ2n) is 8.02. The van der Waals surface area contributed by atoms with Crippen LogP contribution in [0, 0.1) is 0 Å². The number of anilines is 1. The molecule has 0 saturated carbocycles. The van der Waals surface area contributed by atoms with Crippen molar-refractivity contribution in [2.24, 2.45) is 0 Å². The van der Waals surface area contributed by atoms with Gasteiger partial charge in [0, 0.05) is 23.8 Å². The van der Waals surface area contributed by atoms with E-state index in [1.165, 1.54) is 0 Å². The van der Waals surface area contributed by atoms with Gasteiger partial charge in [-0.1, -0.05) is 35.9 Å². The van der Waals surface area contributed by atoms with Gasteiger partial charge in [-0.05, 0) is 61.9 Å². The molecule has 2 amide bonds. The maximum atomic E-state index is 13.7. The monoisotopic (exact) mass is 526 g/mol. The summed E-state index contributed by atoms with van der Waals surface area (Å²) in [5, 5.41) is 3.41. The average Bonchev–Trinajstić information content (AvgIpc) is 2.98. The summed E-state index contributed by atoms with van der Waals surface area (Å²) in [6.45, 7) is 5.00. The summed E-state index contributed by atoms with van der Waals surface area (Å²) < 4.78 is 24.5. The Hall–Kier alpha value is -3.04. The fraction of sp³-hybridized carbons (Fsp3) is 0.259. The number of ether oxygens (including phenoxy) is 2. The van der Waals surface area contributed by atoms with Gasteiger partial charge in [-0.2, -0.15) is 0 Å². The topological polar surface area (TPSA) is 84.9 Å². The van der Waals surface area contributed by atoms with Crippen molar-refractivity contribution in [3.8, 4) is 0 Å². The van der Waals surface area contributed by atoms with Crippen LogP contribution >= 0.6 is 11.6 Å². The zero-order valence-electron chi connectivity index (χ0n) is 20.0. The molecule has 0 aromatic heterocycles. The minimum atomic E-state index is -1.60. The van der Waals surface area contributed by atoms with Crippen molar-refractivity contribution in [3.05, 3.63) is 88.4 Å². The highest BCUT2D eigenvalue weighted by atomic mass is 35.5. The molecule has 0 bridgehead atoms. The molecular weight excluding hydrogens is 500 g/mol. The van der Waals surface area contributed by atoms with Gasteiger partial charge in [-0.25, -0.2) is 4.21 Å². The second kappa shape index (κ2) is 11.8. The first-order chi connectivity index (χ1) is 17.4. The minimum absolute atomic E-state index is 0.169. The van der Waals surface area contributed by atoms with E-state index in [2.05, 4.69) is 5.32 Å². The van der Waals surface area contributed by atoms with E-state index in [9.17, 15) is 13.8 Å². The third-order valence-corrected chi connectivity index (χ3v) is 7.41. The Labute approximate surface area is 217 Å². The van der Waals surface area contributed by atoms with Gasteiger partial charge < -0.3 is 19.7 Å². The van der Waals surface area contributed by atoms with Crippen molar-refractivity contribution in [2.75, 3.05) is 24.7 Å². The van der Waals surface area contributed by atoms with Crippen molar-refractivity contribution in [3.63, 3.8) is 0 Å². The minimum Gasteiger partial charge on any atom is -0.351 e. The number of amides is 2. The van der Waals surface area contributed by atoms with E-state index in [0.717, 1.165) is 5.56 Å². The summed E-state index contributed by atoms with van der Waals surface area (Å²) >= 11 is 6.04. The second-order valence-corrected chi connectivity index (χ2v) is 9.87. The molecule has 0 aliphatic carbocycles. The lowest BCUT2D eigenvalue weighted by Crippen LogP contribution is -2.35. The molecule has 0 saturated heterocycles. The predicted molar refractivity (Wildman–Crippen MR) is 139 cm³/mol. The summed E-state index contributed by atoms with van der Waals surface area (Å²) in [6, 6.07) is 18.9. The number of halogens is 1. The highest BCUT2D eigenvalue weighted by molar-refractivity contribution is 7.85. The highest BCUT2D eigenvalue weighted by Crippen LogP contribution is 2.36. The molecule has 9 heteroatoms. The Kier molecular flexibility index (Phi) is 8.53. The number of nitrogens with one attached hydrogen (secondary N) is 1. The quantitative estimate of drug-likeness (QED) is 0.405. The zero-order chi connectivity index (χ0) is 25.7. The van der Waals surface area contributed by atoms with Crippen LogP contribution in [0.2, 0.25) is 5.02 Å². The number of hydrogen-bond acceptors (Lipinski definition) is 5. The molecule has 1 N–H and O–H groups in total. The van der Waals surface area contributed by atoms with E-state index >= 15 is 0 Å². The van der Waals surface area contributed by atoms with Crippen LogP contribution in [0.1, 0.15) is 40.1 Å². The normalized spacial score (nSPS) is 14.8. The molecule has 1 heterocycles. The lowest BCUT2D eigenvalue weighted by molar-refractivity contribution is -0.131. The maximum Gasteiger partial charge on any atom is 0.259 e. The molecule has 0 spiro atoms. The van der Waals surface area contributed by atoms with Crippen LogP contribution in [0.3, 0.4) is 0 Å². The van der Waals surface area contributed by atoms with E-state index in [1.807, 2.05) is 26.0 Å². The number of rotatable bonds is 9. The molecular formula is C27H27ClN2O5S. The van der Waals surface area contributed by atoms with Crippen LogP contribution in [0.25, 0.3) is 0 Å². The Bertz CT molecular complexity index is 1280. The Morgan fingerprint density at radius 1 is 1.00 bits per heavy atom. The van der Waals surface area contributed by atoms with Crippen molar-refractivity contribution in [1.29, 1.82) is 0 Å². The number of carbonyl (C=O) groups is 2. The molecule has 0 fully saturated rings. The van der Waals surface area contributed by atoms with Gasteiger partial charge >= 0.3 is 0 Å². The first-order valence-corrected chi connectivity index (χ1v) is 13.2. The first kappa shape index (κ1) is 26.0. The van der Waals surface area contributed by atoms with Crippen molar-refractivity contribution in [2.45, 2.75) is 36.5 Å². The summed E-state index contributed by atoms with van der Waals surface area (Å²) in [6.07, 6.45) is -0.560. The fourth-order valence-electron chi connectivity index (χ4n) is 3.95. The van der Waals surface area contributed by atoms with Gasteiger partial charge in [0.1, 0.15) is 0 Å². The Morgan fingerprint density at radius 2 is 1.69 bits per heavy atom. The summed E-state index contributed by atoms with van der Waals surface area (Å²) in [5.41, 5.74) is 1.96. The molecule has 7 nitrogen and oxygen atoms in total. The van der Waals surface area contributed by atoms with Crippen molar-refractivity contribution < 1.29 is 23.3 Å². The third-order valence-electron chi connectivity index (χ3n) is 5.66. The molecule has 3 aromatic carbocycles. The lowest BCUT2D eigenvalue weighted by atomic mass is 10.1. The first-order valence-electron chi connectivity index (χ1n) is 11.7. The van der Waals surface area contributed by atoms with Gasteiger partial charge in [-0.3, -0.25) is 9.59 Å². The molecule has 4 rings (SSSR count). The number of hydrogen-bond donors (Lipinski definition) is 1. The Balaban J connectivity index is 1.71. The third kappa shape index (κ3) is 5.68. The molecule has 1 unspecified atom stereocenters. The van der Waals surface area contributed by atoms with Crippen LogP contribution in [-0.2, 0) is 26.8 Å². The van der Waals surface area contributed by atoms with E-state index in [-0.39, 0.29) is 24.9 Å². The SMILES string of the molecule is CCOC(CNC(=O)c1ccc2c(c1)N(Cc1ccc(Cl)cc1)C(=O)c1ccccc1S2=O)OCC. The smallest absolute Gasteiger partial charge is 0.259 e. The molecule has 1 atom stereocenters. The van der Waals surface area contributed by atoms with Crippen LogP contribution in [0.4, 0.5) is 5.69 Å². The Morgan fingerprint density at radius 3 is 2.39 bits per heavy atom. The number of carbonyl (C=O) groups excluding carboxylic acids is 2. The van der Waals surface area contributed by atoms with Crippen molar-refractivity contribution >= 4 is 39.9 Å². The molecule has 0 radical (unpaired) electrons. The molecule has 1 aliphatic rings. The predicted octanol–water partition coefficient (Wildman–Crippen LogP) is 4.80. The standard InChI is InChI=1S/C27H27ClN2O5S/c1-3-34-25(35-4-2)16-29-26(31)19-11-14-24-22(15-19)30(17-18-9-12-20(28)13-10-18)27(32)21-7-5-6-8-23(21)36(24)33/h5-15,25H,3-4,16-17H2,1-2H3,(H,29,31). The molecule has 36 heavy (non-hydrogen) atoms. The molecule has 1 aliphatic heterocycles. The summed E-state index contributed by atoms with van der Waals surface area (Å²) in [7, 11) is -1.60. The average molecular weight is 527 g/mol. The van der Waals surface area contributed by atoms with Gasteiger partial charge in [0.15, 0.2) is 6.29 Å². The van der Waals surface area contributed by atoms with E-state index < -0.39 is 17.1 Å². The van der Waals surface area contributed by atoms with Crippen LogP contribution < -0.4 is 10.2 Å². The van der Waals surface area contributed by atoms with Gasteiger partial charge in [0.25, 0.3) is 11.8 Å². The maximum absolute atomic E-state index is 13.7. The number of nitrogens with zero attached hydrogens (tertiary/aromatic N) is 1. The molecule has 188 valence electrons. The number of fused-ring (bicyclic) bond motifs is 2. The summed E-state index contributed by atoms with van der Waals surface area (Å²) in [4.78, 5) is 29.1. The largest absolute Gasteiger partial charge is 0.351 e. The summed E-state index contributed by atoms with van der Waals surface area (Å²) in [5.74, 6) is -0.647. The van der Waals surface area contributed by atoms with Crippen LogP contribution in [0.5, 0.6) is 0 Å². The zero-order valence-corrected chi connectivity index (χ0v) is 21.6. The van der Waals surface area contributed by atoms with Crippen LogP contribution in [-0.4, -0.2) is 42.1 Å². The molecule has 3 aromatic rings.